The second-order valence-corrected chi connectivity index (χ2v) is 6.69. The van der Waals surface area contributed by atoms with Crippen molar-refractivity contribution in [2.24, 2.45) is 0 Å². The molecule has 147 valence electrons. The molecule has 14 heteroatoms. The lowest BCUT2D eigenvalue weighted by Crippen LogP contribution is -2.33. The largest absolute Gasteiger partial charge is 0.426 e. The number of rotatable bonds is 5. The summed E-state index contributed by atoms with van der Waals surface area (Å²) in [6, 6.07) is 0. The fourth-order valence-electron chi connectivity index (χ4n) is 2.75. The number of nitrogens with one attached hydrogen (secondary N) is 1. The highest BCUT2D eigenvalue weighted by Crippen LogP contribution is 2.37. The van der Waals surface area contributed by atoms with Crippen molar-refractivity contribution in [3.63, 3.8) is 0 Å². The van der Waals surface area contributed by atoms with Gasteiger partial charge in [-0.25, -0.2) is 9.55 Å². The van der Waals surface area contributed by atoms with Crippen molar-refractivity contribution in [2.45, 2.75) is 24.5 Å². The van der Waals surface area contributed by atoms with Crippen LogP contribution in [0.3, 0.4) is 0 Å². The van der Waals surface area contributed by atoms with Gasteiger partial charge in [-0.05, 0) is 0 Å². The van der Waals surface area contributed by atoms with Gasteiger partial charge in [0.05, 0.1) is 6.33 Å². The number of aliphatic hydroxyl groups is 2. The number of ether oxygens (including phenoxy) is 1. The Bertz CT molecular complexity index is 956. The highest BCUT2D eigenvalue weighted by molar-refractivity contribution is 7.32. The summed E-state index contributed by atoms with van der Waals surface area (Å²) < 4.78 is 22.8. The minimum atomic E-state index is -3.03. The van der Waals surface area contributed by atoms with Gasteiger partial charge >= 0.3 is 8.25 Å². The molecule has 1 unspecified atom stereocenters. The van der Waals surface area contributed by atoms with E-state index in [4.69, 9.17) is 19.9 Å². The topological polar surface area (TPSA) is 189 Å². The van der Waals surface area contributed by atoms with Gasteiger partial charge in [0.25, 0.3) is 5.56 Å². The summed E-state index contributed by atoms with van der Waals surface area (Å²) in [5.74, 6) is -0.319. The van der Waals surface area contributed by atoms with E-state index in [-0.39, 0.29) is 22.9 Å². The number of aromatic nitrogens is 4. The second kappa shape index (κ2) is 7.21. The van der Waals surface area contributed by atoms with Crippen molar-refractivity contribution in [1.29, 1.82) is 0 Å². The third-order valence-corrected chi connectivity index (χ3v) is 4.18. The first-order valence-corrected chi connectivity index (χ1v) is 8.78. The summed E-state index contributed by atoms with van der Waals surface area (Å²) in [5.41, 5.74) is 4.98. The maximum absolute atomic E-state index is 11.9. The molecule has 1 aliphatic rings. The molecule has 1 aliphatic heterocycles. The van der Waals surface area contributed by atoms with Crippen LogP contribution in [-0.4, -0.2) is 71.9 Å². The number of hydrogen-bond acceptors (Lipinski definition) is 10. The summed E-state index contributed by atoms with van der Waals surface area (Å²) >= 11 is 0. The number of aliphatic hydroxyl groups excluding tert-OH is 2. The molecule has 5 atom stereocenters. The highest BCUT2D eigenvalue weighted by Gasteiger charge is 2.47. The normalized spacial score (nSPS) is 26.4. The Morgan fingerprint density at radius 3 is 2.81 bits per heavy atom. The molecule has 0 aliphatic carbocycles. The lowest BCUT2D eigenvalue weighted by atomic mass is 10.1. The van der Waals surface area contributed by atoms with Crippen LogP contribution in [0.1, 0.15) is 6.23 Å². The molecule has 3 rings (SSSR count). The smallest absolute Gasteiger partial charge is 0.398 e. The monoisotopic (exact) mass is 401 g/mol. The van der Waals surface area contributed by atoms with Gasteiger partial charge in [-0.1, -0.05) is 0 Å². The Kier molecular flexibility index (Phi) is 5.13. The van der Waals surface area contributed by atoms with Crippen molar-refractivity contribution >= 4 is 25.4 Å². The predicted molar refractivity (Wildman–Crippen MR) is 91.2 cm³/mol. The van der Waals surface area contributed by atoms with E-state index in [2.05, 4.69) is 15.0 Å². The van der Waals surface area contributed by atoms with Gasteiger partial charge < -0.3 is 30.1 Å². The van der Waals surface area contributed by atoms with Gasteiger partial charge in [-0.2, -0.15) is 4.98 Å². The molecule has 0 saturated carbocycles. The first-order valence-electron chi connectivity index (χ1n) is 7.65. The average Bonchev–Trinajstić information content (AvgIpc) is 3.08. The standard InChI is InChI=1S/C13H18N6O7P/c1-18(2)3-5(26-27(23)24)9-7(20)8(21)12(25-9)19-4-15-6-10(19)16-13(14)17-11(6)22/h3-4,7-9,12,20-21H,1-2H3,(H,23,24)(H3,14,16,17,22)/t7-,8+,9+,12+/m0/s1. The van der Waals surface area contributed by atoms with Gasteiger partial charge in [0.15, 0.2) is 23.2 Å². The van der Waals surface area contributed by atoms with Crippen LogP contribution in [0.25, 0.3) is 11.2 Å². The molecule has 0 amide bonds. The SMILES string of the molecule is CN(C)C=C(O[P](=O)O)[C@H]1O[C@@H](n2cnc3c(=O)[nH]c(N)nc32)[C@H](O)[C@@H]1O. The Labute approximate surface area is 152 Å². The van der Waals surface area contributed by atoms with E-state index in [1.807, 2.05) is 0 Å². The van der Waals surface area contributed by atoms with Crippen LogP contribution in [0.15, 0.2) is 23.1 Å². The lowest BCUT2D eigenvalue weighted by molar-refractivity contribution is -0.0332. The van der Waals surface area contributed by atoms with Crippen LogP contribution in [0, 0.1) is 0 Å². The van der Waals surface area contributed by atoms with Gasteiger partial charge in [-0.15, -0.1) is 0 Å². The number of nitrogen functional groups attached to an aromatic ring is 1. The molecule has 27 heavy (non-hydrogen) atoms. The first-order chi connectivity index (χ1) is 12.7. The second-order valence-electron chi connectivity index (χ2n) is 6.03. The fraction of sp³-hybridized carbons (Fsp3) is 0.462. The number of nitrogens with zero attached hydrogens (tertiary/aromatic N) is 4. The van der Waals surface area contributed by atoms with E-state index in [0.29, 0.717) is 0 Å². The van der Waals surface area contributed by atoms with Crippen molar-refractivity contribution in [2.75, 3.05) is 19.8 Å². The average molecular weight is 401 g/mol. The van der Waals surface area contributed by atoms with Gasteiger partial charge in [-0.3, -0.25) is 19.2 Å². The minimum Gasteiger partial charge on any atom is -0.398 e. The third-order valence-electron chi connectivity index (χ3n) is 3.81. The van der Waals surface area contributed by atoms with Crippen LogP contribution in [0.4, 0.5) is 5.95 Å². The zero-order valence-corrected chi connectivity index (χ0v) is 15.1. The summed E-state index contributed by atoms with van der Waals surface area (Å²) in [7, 11) is 0.233. The molecule has 2 aromatic rings. The Morgan fingerprint density at radius 2 is 2.19 bits per heavy atom. The summed E-state index contributed by atoms with van der Waals surface area (Å²) in [6.07, 6.45) is -2.88. The molecule has 0 spiro atoms. The zero-order chi connectivity index (χ0) is 19.9. The molecule has 1 radical (unpaired) electrons. The van der Waals surface area contributed by atoms with E-state index in [1.165, 1.54) is 22.0 Å². The molecular formula is C13H18N6O7P. The molecule has 2 aromatic heterocycles. The highest BCUT2D eigenvalue weighted by atomic mass is 31.1. The Morgan fingerprint density at radius 1 is 1.48 bits per heavy atom. The summed E-state index contributed by atoms with van der Waals surface area (Å²) in [4.78, 5) is 32.6. The molecule has 1 saturated heterocycles. The van der Waals surface area contributed by atoms with E-state index in [1.54, 1.807) is 14.1 Å². The molecular weight excluding hydrogens is 383 g/mol. The number of aromatic amines is 1. The summed E-state index contributed by atoms with van der Waals surface area (Å²) in [5, 5.41) is 20.8. The molecule has 1 fully saturated rings. The quantitative estimate of drug-likeness (QED) is 0.286. The van der Waals surface area contributed by atoms with Crippen LogP contribution in [-0.2, 0) is 13.8 Å². The maximum Gasteiger partial charge on any atom is 0.426 e. The Hall–Kier alpha value is -2.57. The van der Waals surface area contributed by atoms with Crippen LogP contribution in [0.2, 0.25) is 0 Å². The first kappa shape index (κ1) is 19.2. The molecule has 13 nitrogen and oxygen atoms in total. The number of nitrogens with two attached hydrogens (primary N) is 1. The minimum absolute atomic E-state index is 0.0308. The fourth-order valence-corrected chi connectivity index (χ4v) is 3.08. The van der Waals surface area contributed by atoms with Crippen molar-refractivity contribution in [3.05, 3.63) is 28.6 Å². The molecule has 0 aromatic carbocycles. The number of anilines is 1. The third kappa shape index (κ3) is 3.63. The van der Waals surface area contributed by atoms with E-state index in [9.17, 15) is 19.6 Å². The van der Waals surface area contributed by atoms with E-state index >= 15 is 0 Å². The maximum atomic E-state index is 11.9. The van der Waals surface area contributed by atoms with Gasteiger partial charge in [0.2, 0.25) is 5.95 Å². The zero-order valence-electron chi connectivity index (χ0n) is 14.3. The molecule has 3 heterocycles. The van der Waals surface area contributed by atoms with E-state index < -0.39 is 38.4 Å². The van der Waals surface area contributed by atoms with Gasteiger partial charge in [0.1, 0.15) is 18.3 Å². The van der Waals surface area contributed by atoms with Crippen LogP contribution >= 0.6 is 8.25 Å². The number of hydrogen-bond donors (Lipinski definition) is 5. The van der Waals surface area contributed by atoms with E-state index in [0.717, 1.165) is 0 Å². The van der Waals surface area contributed by atoms with Crippen LogP contribution in [0.5, 0.6) is 0 Å². The van der Waals surface area contributed by atoms with Crippen molar-refractivity contribution < 1.29 is 28.9 Å². The molecule has 0 bridgehead atoms. The number of imidazole rings is 1. The number of H-pyrrole nitrogens is 1. The van der Waals surface area contributed by atoms with Gasteiger partial charge in [0, 0.05) is 20.3 Å². The van der Waals surface area contributed by atoms with Crippen molar-refractivity contribution in [1.82, 2.24) is 24.4 Å². The Balaban J connectivity index is 2.00. The molecule has 6 N–H and O–H groups in total. The number of fused-ring (bicyclic) bond motifs is 1. The lowest BCUT2D eigenvalue weighted by Gasteiger charge is -2.19. The summed E-state index contributed by atoms with van der Waals surface area (Å²) in [6.45, 7) is 0. The van der Waals surface area contributed by atoms with Crippen molar-refractivity contribution in [3.8, 4) is 0 Å². The van der Waals surface area contributed by atoms with Crippen LogP contribution < -0.4 is 11.3 Å². The predicted octanol–water partition coefficient (Wildman–Crippen LogP) is -1.61.